The number of carbonyl (C=O) groups is 1. The van der Waals surface area contributed by atoms with Crippen LogP contribution in [0, 0.1) is 5.92 Å². The van der Waals surface area contributed by atoms with Gasteiger partial charge in [-0.15, -0.1) is 16.8 Å². The zero-order valence-electron chi connectivity index (χ0n) is 11.3. The van der Waals surface area contributed by atoms with Crippen LogP contribution in [0.25, 0.3) is 0 Å². The van der Waals surface area contributed by atoms with Crippen molar-refractivity contribution in [1.29, 1.82) is 0 Å². The summed E-state index contributed by atoms with van der Waals surface area (Å²) in [5.41, 5.74) is 0. The molecule has 1 aromatic rings. The first-order chi connectivity index (χ1) is 9.11. The summed E-state index contributed by atoms with van der Waals surface area (Å²) in [5.74, 6) is 1.03. The molecule has 0 saturated heterocycles. The highest BCUT2D eigenvalue weighted by Gasteiger charge is 2.07. The summed E-state index contributed by atoms with van der Waals surface area (Å²) in [6, 6.07) is 0. The Labute approximate surface area is 122 Å². The third-order valence-electron chi connectivity index (χ3n) is 2.17. The Morgan fingerprint density at radius 3 is 3.00 bits per heavy atom. The lowest BCUT2D eigenvalue weighted by Crippen LogP contribution is -2.26. The normalized spacial score (nSPS) is 10.5. The molecule has 0 fully saturated rings. The van der Waals surface area contributed by atoms with Crippen molar-refractivity contribution in [2.24, 2.45) is 5.92 Å². The molecular weight excluding hydrogens is 280 g/mol. The quantitative estimate of drug-likeness (QED) is 0.541. The molecule has 0 unspecified atom stereocenters. The van der Waals surface area contributed by atoms with E-state index in [2.05, 4.69) is 41.3 Å². The second-order valence-electron chi connectivity index (χ2n) is 4.36. The van der Waals surface area contributed by atoms with Crippen molar-refractivity contribution in [2.75, 3.05) is 24.2 Å². The van der Waals surface area contributed by atoms with Crippen LogP contribution in [-0.2, 0) is 4.79 Å². The fraction of sp³-hybridized carbons (Fsp3) is 0.583. The van der Waals surface area contributed by atoms with Crippen molar-refractivity contribution in [1.82, 2.24) is 15.5 Å². The van der Waals surface area contributed by atoms with E-state index in [1.165, 1.54) is 23.1 Å². The molecule has 0 radical (unpaired) electrons. The van der Waals surface area contributed by atoms with Crippen molar-refractivity contribution in [3.05, 3.63) is 12.7 Å². The molecule has 0 atom stereocenters. The average Bonchev–Trinajstić information content (AvgIpc) is 2.81. The molecule has 1 rings (SSSR count). The van der Waals surface area contributed by atoms with Gasteiger partial charge in [0.25, 0.3) is 0 Å². The maximum Gasteiger partial charge on any atom is 0.230 e. The molecule has 0 aliphatic heterocycles. The zero-order valence-corrected chi connectivity index (χ0v) is 12.9. The maximum absolute atomic E-state index is 11.6. The van der Waals surface area contributed by atoms with E-state index < -0.39 is 0 Å². The Bertz CT molecular complexity index is 406. The van der Waals surface area contributed by atoms with E-state index in [9.17, 15) is 4.79 Å². The summed E-state index contributed by atoms with van der Waals surface area (Å²) in [7, 11) is 0. The molecule has 2 N–H and O–H groups in total. The second kappa shape index (κ2) is 8.92. The van der Waals surface area contributed by atoms with Gasteiger partial charge in [0.15, 0.2) is 4.34 Å². The second-order valence-corrected chi connectivity index (χ2v) is 6.56. The molecule has 0 aliphatic rings. The van der Waals surface area contributed by atoms with Crippen LogP contribution in [0.5, 0.6) is 0 Å². The van der Waals surface area contributed by atoms with Gasteiger partial charge in [-0.05, 0) is 12.3 Å². The van der Waals surface area contributed by atoms with E-state index >= 15 is 0 Å². The molecule has 1 heterocycles. The standard InChI is InChI=1S/C12H20N4OS2/c1-4-6-14-11-15-16-12(19-11)18-8-10(17)13-7-5-9(2)3/h4,9H,1,5-8H2,2-3H3,(H,13,17)(H,14,15). The van der Waals surface area contributed by atoms with Crippen LogP contribution in [0.1, 0.15) is 20.3 Å². The van der Waals surface area contributed by atoms with Gasteiger partial charge in [0.2, 0.25) is 11.0 Å². The first-order valence-corrected chi connectivity index (χ1v) is 7.99. The summed E-state index contributed by atoms with van der Waals surface area (Å²) >= 11 is 2.85. The first-order valence-electron chi connectivity index (χ1n) is 6.19. The SMILES string of the molecule is C=CCNc1nnc(SCC(=O)NCCC(C)C)s1. The summed E-state index contributed by atoms with van der Waals surface area (Å²) in [5, 5.41) is 14.7. The van der Waals surface area contributed by atoms with Crippen LogP contribution in [0.4, 0.5) is 5.13 Å². The molecule has 0 aromatic carbocycles. The number of thioether (sulfide) groups is 1. The monoisotopic (exact) mass is 300 g/mol. The van der Waals surface area contributed by atoms with E-state index in [0.29, 0.717) is 18.2 Å². The molecule has 0 spiro atoms. The van der Waals surface area contributed by atoms with Crippen LogP contribution in [0.3, 0.4) is 0 Å². The number of hydrogen-bond acceptors (Lipinski definition) is 6. The molecule has 0 bridgehead atoms. The largest absolute Gasteiger partial charge is 0.357 e. The third-order valence-corrected chi connectivity index (χ3v) is 4.19. The van der Waals surface area contributed by atoms with E-state index in [1.807, 2.05) is 0 Å². The Kier molecular flexibility index (Phi) is 7.50. The predicted molar refractivity (Wildman–Crippen MR) is 81.8 cm³/mol. The van der Waals surface area contributed by atoms with Gasteiger partial charge in [-0.1, -0.05) is 43.0 Å². The Hall–Kier alpha value is -1.08. The van der Waals surface area contributed by atoms with Gasteiger partial charge in [0, 0.05) is 13.1 Å². The minimum absolute atomic E-state index is 0.0430. The van der Waals surface area contributed by atoms with Gasteiger partial charge >= 0.3 is 0 Å². The zero-order chi connectivity index (χ0) is 14.1. The molecular formula is C12H20N4OS2. The van der Waals surface area contributed by atoms with Crippen LogP contribution in [0.15, 0.2) is 17.0 Å². The molecule has 0 aliphatic carbocycles. The van der Waals surface area contributed by atoms with E-state index in [4.69, 9.17) is 0 Å². The van der Waals surface area contributed by atoms with Crippen molar-refractivity contribution in [2.45, 2.75) is 24.6 Å². The fourth-order valence-corrected chi connectivity index (χ4v) is 2.77. The highest BCUT2D eigenvalue weighted by molar-refractivity contribution is 8.01. The maximum atomic E-state index is 11.6. The Morgan fingerprint density at radius 1 is 1.53 bits per heavy atom. The van der Waals surface area contributed by atoms with Crippen molar-refractivity contribution >= 4 is 34.1 Å². The highest BCUT2D eigenvalue weighted by atomic mass is 32.2. The van der Waals surface area contributed by atoms with Gasteiger partial charge < -0.3 is 10.6 Å². The third kappa shape index (κ3) is 7.17. The van der Waals surface area contributed by atoms with Gasteiger partial charge in [0.05, 0.1) is 5.75 Å². The Balaban J connectivity index is 2.22. The summed E-state index contributed by atoms with van der Waals surface area (Å²) in [6.07, 6.45) is 2.77. The summed E-state index contributed by atoms with van der Waals surface area (Å²) in [6.45, 7) is 9.29. The van der Waals surface area contributed by atoms with Crippen molar-refractivity contribution < 1.29 is 4.79 Å². The number of rotatable bonds is 9. The van der Waals surface area contributed by atoms with Crippen LogP contribution < -0.4 is 10.6 Å². The van der Waals surface area contributed by atoms with E-state index in [1.54, 1.807) is 6.08 Å². The molecule has 0 saturated carbocycles. The average molecular weight is 300 g/mol. The van der Waals surface area contributed by atoms with Crippen LogP contribution in [0.2, 0.25) is 0 Å². The molecule has 106 valence electrons. The number of amides is 1. The predicted octanol–water partition coefficient (Wildman–Crippen LogP) is 2.39. The highest BCUT2D eigenvalue weighted by Crippen LogP contribution is 2.24. The molecule has 1 aromatic heterocycles. The first kappa shape index (κ1) is 16.0. The van der Waals surface area contributed by atoms with Gasteiger partial charge in [-0.3, -0.25) is 4.79 Å². The summed E-state index contributed by atoms with van der Waals surface area (Å²) in [4.78, 5) is 11.6. The lowest BCUT2D eigenvalue weighted by Gasteiger charge is -2.05. The topological polar surface area (TPSA) is 66.9 Å². The smallest absolute Gasteiger partial charge is 0.230 e. The minimum atomic E-state index is 0.0430. The van der Waals surface area contributed by atoms with Crippen molar-refractivity contribution in [3.8, 4) is 0 Å². The van der Waals surface area contributed by atoms with Gasteiger partial charge in [-0.25, -0.2) is 0 Å². The lowest BCUT2D eigenvalue weighted by atomic mass is 10.1. The summed E-state index contributed by atoms with van der Waals surface area (Å²) < 4.78 is 0.797. The number of hydrogen-bond donors (Lipinski definition) is 2. The van der Waals surface area contributed by atoms with E-state index in [-0.39, 0.29) is 5.91 Å². The number of carbonyl (C=O) groups excluding carboxylic acids is 1. The Morgan fingerprint density at radius 2 is 2.32 bits per heavy atom. The molecule has 1 amide bonds. The van der Waals surface area contributed by atoms with Gasteiger partial charge in [0.1, 0.15) is 0 Å². The molecule has 7 heteroatoms. The van der Waals surface area contributed by atoms with Crippen molar-refractivity contribution in [3.63, 3.8) is 0 Å². The number of anilines is 1. The fourth-order valence-electron chi connectivity index (χ4n) is 1.18. The minimum Gasteiger partial charge on any atom is -0.357 e. The van der Waals surface area contributed by atoms with Crippen LogP contribution >= 0.6 is 23.1 Å². The molecule has 19 heavy (non-hydrogen) atoms. The number of aromatic nitrogens is 2. The van der Waals surface area contributed by atoms with E-state index in [0.717, 1.165) is 22.4 Å². The molecule has 5 nitrogen and oxygen atoms in total. The van der Waals surface area contributed by atoms with Crippen LogP contribution in [-0.4, -0.2) is 34.9 Å². The number of nitrogens with zero attached hydrogens (tertiary/aromatic N) is 2. The van der Waals surface area contributed by atoms with Gasteiger partial charge in [-0.2, -0.15) is 0 Å². The number of nitrogens with one attached hydrogen (secondary N) is 2. The lowest BCUT2D eigenvalue weighted by molar-refractivity contribution is -0.118.